The van der Waals surface area contributed by atoms with E-state index in [0.717, 1.165) is 5.39 Å². The molecule has 0 saturated carbocycles. The number of aromatic amines is 1. The Morgan fingerprint density at radius 1 is 1.32 bits per heavy atom. The molecule has 0 aliphatic heterocycles. The number of hydrogen-bond acceptors (Lipinski definition) is 5. The first-order valence-corrected chi connectivity index (χ1v) is 10.2. The van der Waals surface area contributed by atoms with Crippen molar-refractivity contribution in [1.29, 1.82) is 0 Å². The van der Waals surface area contributed by atoms with E-state index in [1.807, 2.05) is 13.8 Å². The molecule has 2 aromatic rings. The fraction of sp³-hybridized carbons (Fsp3) is 0.450. The van der Waals surface area contributed by atoms with Gasteiger partial charge >= 0.3 is 0 Å². The topological polar surface area (TPSA) is 138 Å². The van der Waals surface area contributed by atoms with Crippen LogP contribution in [0.15, 0.2) is 24.5 Å². The Bertz CT molecular complexity index is 929. The molecule has 31 heavy (non-hydrogen) atoms. The van der Waals surface area contributed by atoms with Crippen LogP contribution >= 0.6 is 11.6 Å². The number of rotatable bonds is 10. The lowest BCUT2D eigenvalue weighted by atomic mass is 9.91. The predicted octanol–water partition coefficient (Wildman–Crippen LogP) is 2.07. The van der Waals surface area contributed by atoms with E-state index < -0.39 is 29.3 Å². The average Bonchev–Trinajstić information content (AvgIpc) is 3.13. The summed E-state index contributed by atoms with van der Waals surface area (Å²) in [4.78, 5) is 55.6. The highest BCUT2D eigenvalue weighted by Gasteiger charge is 2.29. The van der Waals surface area contributed by atoms with E-state index in [1.165, 1.54) is 0 Å². The van der Waals surface area contributed by atoms with Crippen molar-refractivity contribution < 1.29 is 23.6 Å². The largest absolute Gasteiger partial charge is 0.370 e. The Kier molecular flexibility index (Phi) is 8.49. The van der Waals surface area contributed by atoms with Gasteiger partial charge in [-0.2, -0.15) is 0 Å². The van der Waals surface area contributed by atoms with Gasteiger partial charge in [0.05, 0.1) is 24.0 Å². The fourth-order valence-electron chi connectivity index (χ4n) is 3.09. The van der Waals surface area contributed by atoms with Gasteiger partial charge in [0.1, 0.15) is 0 Å². The minimum atomic E-state index is -2.40. The van der Waals surface area contributed by atoms with Crippen LogP contribution in [-0.4, -0.2) is 50.7 Å². The van der Waals surface area contributed by atoms with Crippen molar-refractivity contribution in [3.63, 3.8) is 0 Å². The first kappa shape index (κ1) is 24.3. The maximum atomic E-state index is 13.3. The van der Waals surface area contributed by atoms with Gasteiger partial charge in [0, 0.05) is 30.3 Å². The molecule has 0 unspecified atom stereocenters. The molecule has 2 aromatic heterocycles. The van der Waals surface area contributed by atoms with Crippen LogP contribution in [0.3, 0.4) is 0 Å². The number of halogens is 2. The quantitative estimate of drug-likeness (QED) is 0.287. The number of carbonyl (C=O) groups is 4. The second kappa shape index (κ2) is 10.9. The molecule has 0 spiro atoms. The smallest absolute Gasteiger partial charge is 0.291 e. The molecule has 0 fully saturated rings. The zero-order valence-electron chi connectivity index (χ0n) is 17.2. The highest BCUT2D eigenvalue weighted by atomic mass is 35.5. The number of nitrogens with one attached hydrogen (secondary N) is 2. The van der Waals surface area contributed by atoms with E-state index >= 15 is 0 Å². The number of H-pyrrole nitrogens is 1. The highest BCUT2D eigenvalue weighted by Crippen LogP contribution is 2.21. The first-order chi connectivity index (χ1) is 14.6. The summed E-state index contributed by atoms with van der Waals surface area (Å²) in [5, 5.41) is 1.43. The number of amides is 3. The second-order valence-electron chi connectivity index (χ2n) is 7.58. The molecule has 0 radical (unpaired) electrons. The first-order valence-electron chi connectivity index (χ1n) is 9.72. The zero-order chi connectivity index (χ0) is 23.1. The van der Waals surface area contributed by atoms with E-state index in [9.17, 15) is 23.6 Å². The molecule has 11 heteroatoms. The van der Waals surface area contributed by atoms with Crippen molar-refractivity contribution in [2.24, 2.45) is 17.6 Å². The molecule has 0 saturated heterocycles. The number of nitrogens with two attached hydrogens (primary N) is 1. The summed E-state index contributed by atoms with van der Waals surface area (Å²) in [5.74, 6) is -3.66. The normalized spacial score (nSPS) is 13.1. The Morgan fingerprint density at radius 2 is 2.03 bits per heavy atom. The molecule has 2 heterocycles. The summed E-state index contributed by atoms with van der Waals surface area (Å²) < 4.78 is 13.3. The number of fused-ring (bicyclic) bond motifs is 1. The third kappa shape index (κ3) is 7.02. The molecule has 2 rings (SSSR count). The zero-order valence-corrected chi connectivity index (χ0v) is 18.0. The van der Waals surface area contributed by atoms with Gasteiger partial charge in [-0.1, -0.05) is 25.4 Å². The minimum absolute atomic E-state index is 0.0622. The molecule has 0 aliphatic rings. The predicted molar refractivity (Wildman–Crippen MR) is 112 cm³/mol. The van der Waals surface area contributed by atoms with Crippen LogP contribution in [0.25, 0.3) is 10.9 Å². The van der Waals surface area contributed by atoms with Crippen molar-refractivity contribution >= 4 is 46.0 Å². The summed E-state index contributed by atoms with van der Waals surface area (Å²) in [6, 6.07) is 3.43. The summed E-state index contributed by atoms with van der Waals surface area (Å²) in [6.07, 6.45) is 3.10. The lowest BCUT2D eigenvalue weighted by Gasteiger charge is -2.26. The highest BCUT2D eigenvalue weighted by molar-refractivity contribution is 6.29. The Labute approximate surface area is 183 Å². The van der Waals surface area contributed by atoms with E-state index in [4.69, 9.17) is 17.3 Å². The number of Topliss-reactive ketones (excluding diaryl/α,β-unsaturated/α-hetero) is 1. The van der Waals surface area contributed by atoms with Crippen molar-refractivity contribution in [2.75, 3.05) is 6.54 Å². The van der Waals surface area contributed by atoms with Crippen molar-refractivity contribution in [2.45, 2.75) is 38.7 Å². The van der Waals surface area contributed by atoms with Crippen LogP contribution in [0.2, 0.25) is 0 Å². The van der Waals surface area contributed by atoms with Crippen molar-refractivity contribution in [3.05, 3.63) is 30.2 Å². The Balaban J connectivity index is 2.16. The average molecular weight is 454 g/mol. The third-order valence-corrected chi connectivity index (χ3v) is 4.75. The SMILES string of the molecule is CC(C)C[C@H](CC(=O)c1cc2ccncc2[nH]1)C(=O)NN(CCC(N)=O)C(=O)[C@H](F)Cl. The fourth-order valence-corrected chi connectivity index (χ4v) is 3.21. The molecule has 2 atom stereocenters. The molecule has 4 N–H and O–H groups in total. The summed E-state index contributed by atoms with van der Waals surface area (Å²) in [7, 11) is 0. The lowest BCUT2D eigenvalue weighted by molar-refractivity contribution is -0.145. The number of nitrogens with zero attached hydrogens (tertiary/aromatic N) is 2. The summed E-state index contributed by atoms with van der Waals surface area (Å²) in [5.41, 5.74) is 5.96. The summed E-state index contributed by atoms with van der Waals surface area (Å²) >= 11 is 5.20. The van der Waals surface area contributed by atoms with Gasteiger partial charge in [-0.05, 0) is 24.5 Å². The minimum Gasteiger partial charge on any atom is -0.370 e. The van der Waals surface area contributed by atoms with Crippen LogP contribution in [-0.2, 0) is 14.4 Å². The van der Waals surface area contributed by atoms with Gasteiger partial charge in [0.15, 0.2) is 5.78 Å². The number of ketones is 1. The van der Waals surface area contributed by atoms with E-state index in [0.29, 0.717) is 22.6 Å². The van der Waals surface area contributed by atoms with Crippen LogP contribution in [0.4, 0.5) is 4.39 Å². The van der Waals surface area contributed by atoms with Crippen molar-refractivity contribution in [3.8, 4) is 0 Å². The number of aromatic nitrogens is 2. The monoisotopic (exact) mass is 453 g/mol. The molecular formula is C20H25ClFN5O4. The Hall–Kier alpha value is -3.01. The number of hydrogen-bond donors (Lipinski definition) is 3. The van der Waals surface area contributed by atoms with Gasteiger partial charge in [-0.25, -0.2) is 9.40 Å². The van der Waals surface area contributed by atoms with Crippen LogP contribution in [0, 0.1) is 11.8 Å². The molecule has 168 valence electrons. The van der Waals surface area contributed by atoms with Gasteiger partial charge in [0.25, 0.3) is 11.5 Å². The van der Waals surface area contributed by atoms with Crippen molar-refractivity contribution in [1.82, 2.24) is 20.4 Å². The second-order valence-corrected chi connectivity index (χ2v) is 7.97. The van der Waals surface area contributed by atoms with E-state index in [1.54, 1.807) is 24.5 Å². The number of carbonyl (C=O) groups excluding carboxylic acids is 4. The van der Waals surface area contributed by atoms with E-state index in [2.05, 4.69) is 15.4 Å². The number of hydrazine groups is 1. The van der Waals surface area contributed by atoms with Gasteiger partial charge in [-0.15, -0.1) is 0 Å². The maximum Gasteiger partial charge on any atom is 0.291 e. The molecular weight excluding hydrogens is 429 g/mol. The van der Waals surface area contributed by atoms with Gasteiger partial charge in [-0.3, -0.25) is 29.6 Å². The molecule has 0 bridgehead atoms. The number of primary amides is 1. The van der Waals surface area contributed by atoms with E-state index in [-0.39, 0.29) is 31.1 Å². The Morgan fingerprint density at radius 3 is 2.61 bits per heavy atom. The third-order valence-electron chi connectivity index (χ3n) is 4.56. The van der Waals surface area contributed by atoms with Gasteiger partial charge in [0.2, 0.25) is 11.8 Å². The summed E-state index contributed by atoms with van der Waals surface area (Å²) in [6.45, 7) is 3.42. The van der Waals surface area contributed by atoms with Crippen LogP contribution in [0.5, 0.6) is 0 Å². The maximum absolute atomic E-state index is 13.3. The lowest BCUT2D eigenvalue weighted by Crippen LogP contribution is -2.51. The van der Waals surface area contributed by atoms with Gasteiger partial charge < -0.3 is 10.7 Å². The molecule has 3 amide bonds. The molecule has 9 nitrogen and oxygen atoms in total. The number of pyridine rings is 1. The van der Waals surface area contributed by atoms with Crippen LogP contribution < -0.4 is 11.2 Å². The number of alkyl halides is 2. The van der Waals surface area contributed by atoms with Crippen LogP contribution in [0.1, 0.15) is 43.6 Å². The molecule has 0 aliphatic carbocycles. The molecule has 0 aromatic carbocycles. The standard InChI is InChI=1S/C20H25ClFN5O4/c1-11(2)7-13(9-16(28)14-8-12-3-5-24-10-15(12)25-14)19(30)26-27(6-4-17(23)29)20(31)18(21)22/h3,5,8,10-11,13,18,25H,4,6-7,9H2,1-2H3,(H2,23,29)(H,26,30)/t13-,18+/m1/s1.